The Morgan fingerprint density at radius 3 is 2.84 bits per heavy atom. The van der Waals surface area contributed by atoms with Gasteiger partial charge in [-0.25, -0.2) is 0 Å². The zero-order valence-electron chi connectivity index (χ0n) is 11.4. The highest BCUT2D eigenvalue weighted by atomic mass is 16.5. The third-order valence-corrected chi connectivity index (χ3v) is 3.37. The van der Waals surface area contributed by atoms with E-state index in [1.54, 1.807) is 0 Å². The first kappa shape index (κ1) is 13.9. The number of hydrogen-bond acceptors (Lipinski definition) is 3. The molecule has 104 valence electrons. The molecule has 0 aromatic heterocycles. The third kappa shape index (κ3) is 4.91. The molecule has 1 fully saturated rings. The minimum Gasteiger partial charge on any atom is -0.494 e. The minimum atomic E-state index is -0.0570. The average molecular weight is 262 g/mol. The third-order valence-electron chi connectivity index (χ3n) is 3.37. The number of carbonyl (C=O) groups excluding carboxylic acids is 1. The molecular weight excluding hydrogens is 240 g/mol. The Morgan fingerprint density at radius 2 is 2.21 bits per heavy atom. The van der Waals surface area contributed by atoms with Crippen molar-refractivity contribution in [3.63, 3.8) is 0 Å². The van der Waals surface area contributed by atoms with Crippen LogP contribution in [0.2, 0.25) is 0 Å². The molecule has 0 bridgehead atoms. The van der Waals surface area contributed by atoms with Crippen LogP contribution in [0.1, 0.15) is 26.2 Å². The van der Waals surface area contributed by atoms with Gasteiger partial charge in [0.15, 0.2) is 0 Å². The number of benzene rings is 1. The maximum atomic E-state index is 10.9. The Balaban J connectivity index is 1.71. The summed E-state index contributed by atoms with van der Waals surface area (Å²) in [5.41, 5.74) is 0.802. The predicted molar refractivity (Wildman–Crippen MR) is 76.5 cm³/mol. The lowest BCUT2D eigenvalue weighted by molar-refractivity contribution is -0.114. The van der Waals surface area contributed by atoms with Crippen LogP contribution in [0.25, 0.3) is 0 Å². The summed E-state index contributed by atoms with van der Waals surface area (Å²) >= 11 is 0. The number of nitrogens with one attached hydrogen (secondary N) is 2. The lowest BCUT2D eigenvalue weighted by Crippen LogP contribution is -2.30. The van der Waals surface area contributed by atoms with Crippen LogP contribution in [0.15, 0.2) is 24.3 Å². The summed E-state index contributed by atoms with van der Waals surface area (Å²) in [7, 11) is 0. The van der Waals surface area contributed by atoms with Gasteiger partial charge in [-0.15, -0.1) is 0 Å². The van der Waals surface area contributed by atoms with Gasteiger partial charge in [0.05, 0.1) is 6.61 Å². The van der Waals surface area contributed by atoms with E-state index >= 15 is 0 Å². The molecule has 2 N–H and O–H groups in total. The lowest BCUT2D eigenvalue weighted by atomic mass is 9.97. The molecule has 19 heavy (non-hydrogen) atoms. The van der Waals surface area contributed by atoms with Crippen LogP contribution in [0.4, 0.5) is 5.69 Å². The van der Waals surface area contributed by atoms with Crippen LogP contribution >= 0.6 is 0 Å². The maximum absolute atomic E-state index is 10.9. The molecule has 1 atom stereocenters. The number of hydrogen-bond donors (Lipinski definition) is 2. The van der Waals surface area contributed by atoms with E-state index in [0.717, 1.165) is 43.5 Å². The molecule has 0 saturated carbocycles. The van der Waals surface area contributed by atoms with Crippen LogP contribution in [-0.2, 0) is 4.79 Å². The van der Waals surface area contributed by atoms with Crippen molar-refractivity contribution in [2.24, 2.45) is 5.92 Å². The van der Waals surface area contributed by atoms with Gasteiger partial charge >= 0.3 is 0 Å². The van der Waals surface area contributed by atoms with Crippen molar-refractivity contribution in [1.82, 2.24) is 5.32 Å². The van der Waals surface area contributed by atoms with Crippen molar-refractivity contribution >= 4 is 11.6 Å². The molecule has 2 rings (SSSR count). The van der Waals surface area contributed by atoms with Gasteiger partial charge in [0, 0.05) is 12.6 Å². The monoisotopic (exact) mass is 262 g/mol. The predicted octanol–water partition coefficient (Wildman–Crippen LogP) is 2.41. The van der Waals surface area contributed by atoms with Gasteiger partial charge in [-0.2, -0.15) is 0 Å². The number of rotatable bonds is 5. The Bertz CT molecular complexity index is 397. The molecule has 0 aliphatic carbocycles. The molecule has 1 amide bonds. The first-order valence-corrected chi connectivity index (χ1v) is 6.95. The van der Waals surface area contributed by atoms with Gasteiger partial charge in [-0.05, 0) is 62.5 Å². The van der Waals surface area contributed by atoms with Crippen LogP contribution in [0, 0.1) is 5.92 Å². The normalized spacial score (nSPS) is 18.9. The minimum absolute atomic E-state index is 0.0570. The van der Waals surface area contributed by atoms with Crippen LogP contribution < -0.4 is 15.4 Å². The Labute approximate surface area is 114 Å². The molecule has 1 aliphatic rings. The maximum Gasteiger partial charge on any atom is 0.221 e. The fourth-order valence-electron chi connectivity index (χ4n) is 2.35. The first-order valence-electron chi connectivity index (χ1n) is 6.95. The number of carbonyl (C=O) groups is 1. The molecule has 4 nitrogen and oxygen atoms in total. The van der Waals surface area contributed by atoms with Crippen molar-refractivity contribution in [1.29, 1.82) is 0 Å². The SMILES string of the molecule is CC(=O)Nc1ccc(OCC[C@H]2CCCNC2)cc1. The zero-order valence-corrected chi connectivity index (χ0v) is 11.4. The van der Waals surface area contributed by atoms with Crippen molar-refractivity contribution < 1.29 is 9.53 Å². The topological polar surface area (TPSA) is 50.4 Å². The highest BCUT2D eigenvalue weighted by Gasteiger charge is 2.12. The lowest BCUT2D eigenvalue weighted by Gasteiger charge is -2.22. The van der Waals surface area contributed by atoms with E-state index in [1.807, 2.05) is 24.3 Å². The second-order valence-corrected chi connectivity index (χ2v) is 5.06. The van der Waals surface area contributed by atoms with E-state index in [0.29, 0.717) is 0 Å². The number of anilines is 1. The van der Waals surface area contributed by atoms with E-state index < -0.39 is 0 Å². The van der Waals surface area contributed by atoms with Crippen LogP contribution in [0.5, 0.6) is 5.75 Å². The largest absolute Gasteiger partial charge is 0.494 e. The van der Waals surface area contributed by atoms with Crippen molar-refractivity contribution in [2.75, 3.05) is 25.0 Å². The number of ether oxygens (including phenoxy) is 1. The summed E-state index contributed by atoms with van der Waals surface area (Å²) < 4.78 is 5.73. The second-order valence-electron chi connectivity index (χ2n) is 5.06. The Hall–Kier alpha value is -1.55. The Morgan fingerprint density at radius 1 is 1.42 bits per heavy atom. The van der Waals surface area contributed by atoms with E-state index in [-0.39, 0.29) is 5.91 Å². The fourth-order valence-corrected chi connectivity index (χ4v) is 2.35. The van der Waals surface area contributed by atoms with Crippen molar-refractivity contribution in [3.05, 3.63) is 24.3 Å². The summed E-state index contributed by atoms with van der Waals surface area (Å²) in [6.07, 6.45) is 3.67. The fraction of sp³-hybridized carbons (Fsp3) is 0.533. The molecule has 1 heterocycles. The molecule has 1 aromatic carbocycles. The number of amides is 1. The first-order chi connectivity index (χ1) is 9.24. The highest BCUT2D eigenvalue weighted by Crippen LogP contribution is 2.18. The van der Waals surface area contributed by atoms with Gasteiger partial charge in [0.25, 0.3) is 0 Å². The van der Waals surface area contributed by atoms with E-state index in [1.165, 1.54) is 19.8 Å². The van der Waals surface area contributed by atoms with Gasteiger partial charge in [0.2, 0.25) is 5.91 Å². The highest BCUT2D eigenvalue weighted by molar-refractivity contribution is 5.88. The van der Waals surface area contributed by atoms with E-state index in [2.05, 4.69) is 10.6 Å². The summed E-state index contributed by atoms with van der Waals surface area (Å²) in [4.78, 5) is 10.9. The van der Waals surface area contributed by atoms with E-state index in [4.69, 9.17) is 4.74 Å². The Kier molecular flexibility index (Phi) is 5.21. The van der Waals surface area contributed by atoms with Gasteiger partial charge < -0.3 is 15.4 Å². The molecule has 0 spiro atoms. The second kappa shape index (κ2) is 7.14. The van der Waals surface area contributed by atoms with Gasteiger partial charge in [-0.1, -0.05) is 0 Å². The smallest absolute Gasteiger partial charge is 0.221 e. The van der Waals surface area contributed by atoms with E-state index in [9.17, 15) is 4.79 Å². The molecule has 1 aliphatic heterocycles. The molecule has 0 unspecified atom stereocenters. The summed E-state index contributed by atoms with van der Waals surface area (Å²) in [6.45, 7) is 4.53. The quantitative estimate of drug-likeness (QED) is 0.856. The molecule has 4 heteroatoms. The van der Waals surface area contributed by atoms with Crippen LogP contribution in [0.3, 0.4) is 0 Å². The van der Waals surface area contributed by atoms with Crippen LogP contribution in [-0.4, -0.2) is 25.6 Å². The van der Waals surface area contributed by atoms with Gasteiger partial charge in [-0.3, -0.25) is 4.79 Å². The molecule has 1 aromatic rings. The molecular formula is C15H22N2O2. The summed E-state index contributed by atoms with van der Waals surface area (Å²) in [5, 5.41) is 6.15. The zero-order chi connectivity index (χ0) is 13.5. The number of piperidine rings is 1. The van der Waals surface area contributed by atoms with Gasteiger partial charge in [0.1, 0.15) is 5.75 Å². The summed E-state index contributed by atoms with van der Waals surface area (Å²) in [5.74, 6) is 1.55. The molecule has 1 saturated heterocycles. The standard InChI is InChI=1S/C15H22N2O2/c1-12(18)17-14-4-6-15(7-5-14)19-10-8-13-3-2-9-16-11-13/h4-7,13,16H,2-3,8-11H2,1H3,(H,17,18)/t13-/m1/s1. The molecule has 0 radical (unpaired) electrons. The van der Waals surface area contributed by atoms with Crippen molar-refractivity contribution in [2.45, 2.75) is 26.2 Å². The van der Waals surface area contributed by atoms with Crippen molar-refractivity contribution in [3.8, 4) is 5.75 Å². The average Bonchev–Trinajstić information content (AvgIpc) is 2.41. The summed E-state index contributed by atoms with van der Waals surface area (Å²) in [6, 6.07) is 7.51.